The average molecular weight is 485 g/mol. The van der Waals surface area contributed by atoms with Crippen LogP contribution in [0.1, 0.15) is 12.8 Å². The molecule has 2 aromatic rings. The molecule has 0 radical (unpaired) electrons. The molecule has 178 valence electrons. The second-order valence-corrected chi connectivity index (χ2v) is 7.93. The quantitative estimate of drug-likeness (QED) is 0.525. The van der Waals surface area contributed by atoms with E-state index in [0.717, 1.165) is 43.9 Å². The van der Waals surface area contributed by atoms with Gasteiger partial charge in [-0.3, -0.25) is 9.69 Å². The highest BCUT2D eigenvalue weighted by molar-refractivity contribution is 6.30. The maximum absolute atomic E-state index is 12.2. The summed E-state index contributed by atoms with van der Waals surface area (Å²) in [5.41, 5.74) is 0.555. The highest BCUT2D eigenvalue weighted by Crippen LogP contribution is 2.25. The number of alkyl halides is 3. The zero-order valence-electron chi connectivity index (χ0n) is 17.7. The van der Waals surface area contributed by atoms with Gasteiger partial charge in [-0.15, -0.1) is 13.2 Å². The fraction of sp³-hybridized carbons (Fsp3) is 0.348. The van der Waals surface area contributed by atoms with E-state index in [1.54, 1.807) is 12.1 Å². The first kappa shape index (κ1) is 24.7. The monoisotopic (exact) mass is 484 g/mol. The normalized spacial score (nSPS) is 16.3. The van der Waals surface area contributed by atoms with Crippen LogP contribution in [0.25, 0.3) is 0 Å². The second-order valence-electron chi connectivity index (χ2n) is 7.49. The van der Waals surface area contributed by atoms with Gasteiger partial charge >= 0.3 is 6.36 Å². The van der Waals surface area contributed by atoms with Crippen LogP contribution in [0.4, 0.5) is 13.2 Å². The summed E-state index contributed by atoms with van der Waals surface area (Å²) in [6.45, 7) is 5.97. The number of ether oxygens (including phenoxy) is 3. The molecular weight excluding hydrogens is 461 g/mol. The Morgan fingerprint density at radius 1 is 1.09 bits per heavy atom. The van der Waals surface area contributed by atoms with Crippen LogP contribution in [-0.2, 0) is 4.79 Å². The van der Waals surface area contributed by atoms with Crippen molar-refractivity contribution >= 4 is 17.5 Å². The van der Waals surface area contributed by atoms with Gasteiger partial charge in [0, 0.05) is 30.4 Å². The molecule has 33 heavy (non-hydrogen) atoms. The lowest BCUT2D eigenvalue weighted by Gasteiger charge is -2.18. The summed E-state index contributed by atoms with van der Waals surface area (Å²) in [5.74, 6) is 0.260. The molecule has 6 nitrogen and oxygen atoms in total. The number of hydrogen-bond donors (Lipinski definition) is 1. The van der Waals surface area contributed by atoms with E-state index in [-0.39, 0.29) is 24.2 Å². The number of carbonyl (C=O) groups excluding carboxylic acids is 1. The third-order valence-corrected chi connectivity index (χ3v) is 5.07. The summed E-state index contributed by atoms with van der Waals surface area (Å²) in [5, 5.41) is 3.33. The van der Waals surface area contributed by atoms with E-state index in [4.69, 9.17) is 21.1 Å². The van der Waals surface area contributed by atoms with Crippen molar-refractivity contribution in [3.05, 3.63) is 65.8 Å². The minimum atomic E-state index is -4.76. The molecule has 1 saturated heterocycles. The van der Waals surface area contributed by atoms with Gasteiger partial charge in [0.1, 0.15) is 23.4 Å². The molecule has 1 fully saturated rings. The lowest BCUT2D eigenvalue weighted by molar-refractivity contribution is -0.274. The maximum Gasteiger partial charge on any atom is 0.573 e. The van der Waals surface area contributed by atoms with Gasteiger partial charge in [-0.25, -0.2) is 0 Å². The number of halogens is 4. The first-order valence-electron chi connectivity index (χ1n) is 10.3. The van der Waals surface area contributed by atoms with Gasteiger partial charge in [0.15, 0.2) is 6.61 Å². The molecule has 3 rings (SSSR count). The Bertz CT molecular complexity index is 936. The molecule has 1 aliphatic rings. The Hall–Kier alpha value is -2.91. The Morgan fingerprint density at radius 2 is 1.73 bits per heavy atom. The van der Waals surface area contributed by atoms with Crippen LogP contribution in [0, 0.1) is 0 Å². The highest BCUT2D eigenvalue weighted by atomic mass is 35.5. The van der Waals surface area contributed by atoms with E-state index >= 15 is 0 Å². The van der Waals surface area contributed by atoms with Crippen molar-refractivity contribution in [2.24, 2.45) is 0 Å². The summed E-state index contributed by atoms with van der Waals surface area (Å²) in [6.07, 6.45) is -3.19. The molecule has 1 aliphatic heterocycles. The summed E-state index contributed by atoms with van der Waals surface area (Å²) in [6, 6.07) is 12.1. The molecule has 1 unspecified atom stereocenters. The van der Waals surface area contributed by atoms with Crippen LogP contribution in [0.15, 0.2) is 60.8 Å². The fourth-order valence-electron chi connectivity index (χ4n) is 3.28. The molecule has 0 aromatic heterocycles. The van der Waals surface area contributed by atoms with Gasteiger partial charge in [-0.05, 0) is 61.4 Å². The van der Waals surface area contributed by atoms with E-state index in [2.05, 4.69) is 21.5 Å². The van der Waals surface area contributed by atoms with Crippen molar-refractivity contribution in [2.75, 3.05) is 26.2 Å². The molecule has 0 aliphatic carbocycles. The molecule has 1 amide bonds. The maximum atomic E-state index is 12.2. The molecule has 10 heteroatoms. The number of nitrogens with zero attached hydrogens (tertiary/aromatic N) is 1. The first-order chi connectivity index (χ1) is 15.7. The molecule has 0 bridgehead atoms. The standard InChI is InChI=1S/C23H24ClF3N2O4/c1-16(10-12-29-13-11-21(14-29)32-19-4-2-17(24)3-5-19)28-22(30)15-31-18-6-8-20(9-7-18)33-23(25,26)27/h2-9,21H,1,10-15H2,(H,28,30). The van der Waals surface area contributed by atoms with Crippen molar-refractivity contribution in [1.29, 1.82) is 0 Å². The van der Waals surface area contributed by atoms with Gasteiger partial charge < -0.3 is 19.5 Å². The lowest BCUT2D eigenvalue weighted by Crippen LogP contribution is -2.31. The molecule has 1 atom stereocenters. The largest absolute Gasteiger partial charge is 0.573 e. The van der Waals surface area contributed by atoms with Crippen molar-refractivity contribution in [1.82, 2.24) is 10.2 Å². The molecule has 0 saturated carbocycles. The van der Waals surface area contributed by atoms with Gasteiger partial charge in [0.2, 0.25) is 0 Å². The van der Waals surface area contributed by atoms with E-state index in [1.165, 1.54) is 12.1 Å². The lowest BCUT2D eigenvalue weighted by atomic mass is 10.3. The number of hydrogen-bond acceptors (Lipinski definition) is 5. The van der Waals surface area contributed by atoms with Crippen molar-refractivity contribution in [3.63, 3.8) is 0 Å². The number of likely N-dealkylation sites (tertiary alicyclic amines) is 1. The van der Waals surface area contributed by atoms with E-state index < -0.39 is 12.3 Å². The van der Waals surface area contributed by atoms with Crippen molar-refractivity contribution < 1.29 is 32.2 Å². The Labute approximate surface area is 194 Å². The van der Waals surface area contributed by atoms with Crippen molar-refractivity contribution in [3.8, 4) is 17.2 Å². The summed E-state index contributed by atoms with van der Waals surface area (Å²) < 4.78 is 51.5. The number of amides is 1. The minimum absolute atomic E-state index is 0.0929. The second kappa shape index (κ2) is 11.3. The molecule has 1 N–H and O–H groups in total. The Morgan fingerprint density at radius 3 is 2.39 bits per heavy atom. The van der Waals surface area contributed by atoms with E-state index in [9.17, 15) is 18.0 Å². The Kier molecular flexibility index (Phi) is 8.46. The summed E-state index contributed by atoms with van der Waals surface area (Å²) >= 11 is 5.89. The predicted octanol–water partition coefficient (Wildman–Crippen LogP) is 4.79. The first-order valence-corrected chi connectivity index (χ1v) is 10.6. The highest BCUT2D eigenvalue weighted by Gasteiger charge is 2.31. The predicted molar refractivity (Wildman–Crippen MR) is 117 cm³/mol. The summed E-state index contributed by atoms with van der Waals surface area (Å²) in [4.78, 5) is 14.3. The third-order valence-electron chi connectivity index (χ3n) is 4.82. The smallest absolute Gasteiger partial charge is 0.489 e. The average Bonchev–Trinajstić information content (AvgIpc) is 3.20. The van der Waals surface area contributed by atoms with Gasteiger partial charge in [-0.1, -0.05) is 18.2 Å². The van der Waals surface area contributed by atoms with Crippen LogP contribution < -0.4 is 19.5 Å². The minimum Gasteiger partial charge on any atom is -0.489 e. The molecule has 1 heterocycles. The zero-order valence-corrected chi connectivity index (χ0v) is 18.5. The van der Waals surface area contributed by atoms with Crippen LogP contribution in [0.5, 0.6) is 17.2 Å². The van der Waals surface area contributed by atoms with Crippen LogP contribution in [-0.4, -0.2) is 49.5 Å². The van der Waals surface area contributed by atoms with Gasteiger partial charge in [0.25, 0.3) is 5.91 Å². The Balaban J connectivity index is 1.32. The topological polar surface area (TPSA) is 60.0 Å². The number of nitrogens with one attached hydrogen (secondary N) is 1. The molecular formula is C23H24ClF3N2O4. The number of benzene rings is 2. The van der Waals surface area contributed by atoms with E-state index in [1.807, 2.05) is 12.1 Å². The van der Waals surface area contributed by atoms with Crippen LogP contribution >= 0.6 is 11.6 Å². The van der Waals surface area contributed by atoms with Crippen LogP contribution in [0.3, 0.4) is 0 Å². The van der Waals surface area contributed by atoms with Gasteiger partial charge in [0.05, 0.1) is 0 Å². The SMILES string of the molecule is C=C(CCN1CCC(Oc2ccc(Cl)cc2)C1)NC(=O)COc1ccc(OC(F)(F)F)cc1. The number of carbonyl (C=O) groups is 1. The number of rotatable bonds is 10. The zero-order chi connectivity index (χ0) is 23.8. The van der Waals surface area contributed by atoms with Crippen molar-refractivity contribution in [2.45, 2.75) is 25.3 Å². The molecule has 0 spiro atoms. The third kappa shape index (κ3) is 8.86. The van der Waals surface area contributed by atoms with Crippen LogP contribution in [0.2, 0.25) is 5.02 Å². The van der Waals surface area contributed by atoms with E-state index in [0.29, 0.717) is 17.1 Å². The molecule has 2 aromatic carbocycles. The summed E-state index contributed by atoms with van der Waals surface area (Å²) in [7, 11) is 0. The van der Waals surface area contributed by atoms with Gasteiger partial charge in [-0.2, -0.15) is 0 Å². The fourth-order valence-corrected chi connectivity index (χ4v) is 3.40.